The number of aliphatic hydroxyl groups is 1. The lowest BCUT2D eigenvalue weighted by Gasteiger charge is -2.36. The molecule has 6 aromatic carbocycles. The molecular weight excluding hydrogens is 1020 g/mol. The number of aliphatic hydroxyl groups excluding tert-OH is 1. The third-order valence-electron chi connectivity index (χ3n) is 13.0. The monoisotopic (exact) mass is 1080 g/mol. The summed E-state index contributed by atoms with van der Waals surface area (Å²) in [6.07, 6.45) is 2.00. The fourth-order valence-corrected chi connectivity index (χ4v) is 8.99. The molecule has 4 atom stereocenters. The van der Waals surface area contributed by atoms with E-state index in [0.717, 1.165) is 57.5 Å². The van der Waals surface area contributed by atoms with Crippen LogP contribution in [0.25, 0.3) is 33.4 Å². The first-order valence-corrected chi connectivity index (χ1v) is 26.0. The second-order valence-electron chi connectivity index (χ2n) is 19.9. The molecule has 19 heteroatoms. The number of ether oxygens (including phenoxy) is 4. The van der Waals surface area contributed by atoms with Crippen molar-refractivity contribution >= 4 is 70.5 Å². The highest BCUT2D eigenvalue weighted by molar-refractivity contribution is 6.67. The predicted molar refractivity (Wildman–Crippen MR) is 304 cm³/mol. The van der Waals surface area contributed by atoms with Gasteiger partial charge in [0.05, 0.1) is 30.6 Å². The number of cyclic esters (lactones) is 4. The standard InChI is InChI=1S/C22H23BNO6.C22H23BNO5.C17H16BO3/c1-22(2)29-20(27)18(21(28)30-22)19(26)17(24-23-13-25)12-14-8-10-16(11-9-14)15-6-4-3-5-7-15;1-22(2)28-20(26)19(21(27)29-22)13-18(24-23-14-25)12-15-8-10-17(11-9-15)16-6-4-3-5-7-16;19-12-18-11-16(17(20)21)10-13-6-8-15(9-7-13)14-4-2-1-3-5-14/h3-11,13,17-19,24,26H,12H2,1-2H3;3-11,14,18-19,24H,12-13H2,1-2H3;1-9,12,16H,10-11H2,(H,20,21)/t17-,19?;18-;16-/m110/s1. The van der Waals surface area contributed by atoms with Crippen LogP contribution >= 0.6 is 0 Å². The first-order chi connectivity index (χ1) is 38.4. The molecule has 3 radical (unpaired) electrons. The highest BCUT2D eigenvalue weighted by Gasteiger charge is 2.49. The molecule has 2 heterocycles. The zero-order valence-corrected chi connectivity index (χ0v) is 44.8. The van der Waals surface area contributed by atoms with Crippen LogP contribution in [0.3, 0.4) is 0 Å². The second-order valence-corrected chi connectivity index (χ2v) is 19.9. The third-order valence-corrected chi connectivity index (χ3v) is 13.0. The molecule has 0 amide bonds. The van der Waals surface area contributed by atoms with Crippen molar-refractivity contribution in [2.24, 2.45) is 17.8 Å². The molecule has 80 heavy (non-hydrogen) atoms. The molecule has 0 saturated carbocycles. The summed E-state index contributed by atoms with van der Waals surface area (Å²) in [4.78, 5) is 92.2. The minimum Gasteiger partial charge on any atom is -0.481 e. The summed E-state index contributed by atoms with van der Waals surface area (Å²) in [5.41, 5.74) is 9.38. The van der Waals surface area contributed by atoms with Crippen molar-refractivity contribution in [1.82, 2.24) is 10.5 Å². The SMILES string of the molecule is CC1(C)OC(=O)C(C(O)[C@@H](Cc2ccc(-c3ccccc3)cc2)N[B]C=O)C(=O)O1.CC1(C)OC(=O)C(C[C@@H](Cc2ccc(-c3ccccc3)cc2)N[B]C=O)C(=O)O1.O=C[B]C[C@H](Cc1ccc(-c2ccccc2)cc1)C(=O)O. The van der Waals surface area contributed by atoms with Crippen molar-refractivity contribution in [3.05, 3.63) is 180 Å². The molecule has 0 aromatic heterocycles. The van der Waals surface area contributed by atoms with E-state index in [9.17, 15) is 43.5 Å². The second kappa shape index (κ2) is 29.7. The maximum atomic E-state index is 12.3. The minimum atomic E-state index is -1.50. The Morgan fingerprint density at radius 2 is 0.875 bits per heavy atom. The van der Waals surface area contributed by atoms with E-state index >= 15 is 0 Å². The zero-order valence-electron chi connectivity index (χ0n) is 44.8. The van der Waals surface area contributed by atoms with E-state index in [0.29, 0.717) is 31.4 Å². The maximum Gasteiger partial charge on any atom is 0.326 e. The van der Waals surface area contributed by atoms with Crippen molar-refractivity contribution in [2.75, 3.05) is 0 Å². The van der Waals surface area contributed by atoms with Crippen LogP contribution in [-0.4, -0.2) is 110 Å². The summed E-state index contributed by atoms with van der Waals surface area (Å²) in [5.74, 6) is -9.53. The molecular formula is C61H62B3N2O14. The summed E-state index contributed by atoms with van der Waals surface area (Å²) in [6, 6.07) is 52.4. The first-order valence-electron chi connectivity index (χ1n) is 26.0. The molecule has 0 spiro atoms. The fraction of sp³-hybridized carbons (Fsp3) is 0.279. The molecule has 6 aromatic rings. The number of benzene rings is 6. The van der Waals surface area contributed by atoms with Crippen LogP contribution in [0.2, 0.25) is 6.32 Å². The van der Waals surface area contributed by atoms with Gasteiger partial charge in [0.1, 0.15) is 0 Å². The van der Waals surface area contributed by atoms with Crippen LogP contribution < -0.4 is 10.5 Å². The van der Waals surface area contributed by atoms with Crippen molar-refractivity contribution in [3.8, 4) is 33.4 Å². The summed E-state index contributed by atoms with van der Waals surface area (Å²) >= 11 is 0. The van der Waals surface area contributed by atoms with Gasteiger partial charge < -0.3 is 54.0 Å². The molecule has 0 bridgehead atoms. The van der Waals surface area contributed by atoms with Gasteiger partial charge in [0, 0.05) is 39.8 Å². The molecule has 2 fully saturated rings. The lowest BCUT2D eigenvalue weighted by atomic mass is 9.70. The normalized spacial score (nSPS) is 16.1. The lowest BCUT2D eigenvalue weighted by Crippen LogP contribution is -2.56. The van der Waals surface area contributed by atoms with Crippen LogP contribution in [0, 0.1) is 17.8 Å². The van der Waals surface area contributed by atoms with Crippen molar-refractivity contribution < 1.29 is 67.5 Å². The Kier molecular flexibility index (Phi) is 22.6. The molecule has 2 saturated heterocycles. The Balaban J connectivity index is 0.000000197. The zero-order chi connectivity index (χ0) is 57.7. The average molecular weight is 1080 g/mol. The molecule has 2 aliphatic rings. The van der Waals surface area contributed by atoms with Gasteiger partial charge in [-0.2, -0.15) is 0 Å². The van der Waals surface area contributed by atoms with E-state index in [1.54, 1.807) is 0 Å². The quantitative estimate of drug-likeness (QED) is 0.0221. The Morgan fingerprint density at radius 3 is 1.26 bits per heavy atom. The van der Waals surface area contributed by atoms with Crippen LogP contribution in [0.1, 0.15) is 50.8 Å². The number of carbonyl (C=O) groups is 8. The number of rotatable bonds is 23. The van der Waals surface area contributed by atoms with E-state index in [2.05, 4.69) is 10.5 Å². The summed E-state index contributed by atoms with van der Waals surface area (Å²) in [6.45, 7) is 5.91. The van der Waals surface area contributed by atoms with Crippen LogP contribution in [0.4, 0.5) is 0 Å². The summed E-state index contributed by atoms with van der Waals surface area (Å²) in [7, 11) is 3.75. The van der Waals surface area contributed by atoms with Gasteiger partial charge in [-0.3, -0.25) is 24.0 Å². The number of carboxylic acids is 1. The van der Waals surface area contributed by atoms with Gasteiger partial charge in [-0.05, 0) is 75.8 Å². The van der Waals surface area contributed by atoms with Crippen molar-refractivity contribution in [1.29, 1.82) is 0 Å². The maximum absolute atomic E-state index is 12.3. The number of nitrogens with one attached hydrogen (secondary N) is 2. The number of hydrogen-bond acceptors (Lipinski definition) is 15. The van der Waals surface area contributed by atoms with Gasteiger partial charge in [0.25, 0.3) is 26.4 Å². The number of hydrogen-bond donors (Lipinski definition) is 4. The molecule has 0 aliphatic carbocycles. The Labute approximate surface area is 467 Å². The van der Waals surface area contributed by atoms with Gasteiger partial charge in [-0.1, -0.05) is 170 Å². The Hall–Kier alpha value is -8.25. The van der Waals surface area contributed by atoms with Gasteiger partial charge in [-0.15, -0.1) is 0 Å². The largest absolute Gasteiger partial charge is 0.481 e. The molecule has 16 nitrogen and oxygen atoms in total. The third kappa shape index (κ3) is 18.4. The van der Waals surface area contributed by atoms with Crippen LogP contribution in [-0.2, 0) is 76.6 Å². The summed E-state index contributed by atoms with van der Waals surface area (Å²) < 4.78 is 20.6. The molecule has 8 rings (SSSR count). The number of carboxylic acid groups (broad SMARTS) is 1. The van der Waals surface area contributed by atoms with Crippen LogP contribution in [0.5, 0.6) is 0 Å². The van der Waals surface area contributed by atoms with Gasteiger partial charge >= 0.3 is 29.8 Å². The fourth-order valence-electron chi connectivity index (χ4n) is 8.99. The highest BCUT2D eigenvalue weighted by Crippen LogP contribution is 2.30. The van der Waals surface area contributed by atoms with E-state index in [1.165, 1.54) is 42.4 Å². The average Bonchev–Trinajstić information content (AvgIpc) is 3.44. The van der Waals surface area contributed by atoms with Crippen molar-refractivity contribution in [3.63, 3.8) is 0 Å². The first kappa shape index (κ1) is 61.0. The van der Waals surface area contributed by atoms with Gasteiger partial charge in [0.15, 0.2) is 19.1 Å². The Bertz CT molecular complexity index is 2960. The van der Waals surface area contributed by atoms with E-state index in [4.69, 9.17) is 24.1 Å². The highest BCUT2D eigenvalue weighted by atomic mass is 16.8. The van der Waals surface area contributed by atoms with E-state index in [1.807, 2.05) is 164 Å². The van der Waals surface area contributed by atoms with Crippen LogP contribution in [0.15, 0.2) is 164 Å². The van der Waals surface area contributed by atoms with Gasteiger partial charge in [-0.25, -0.2) is 0 Å². The predicted octanol–water partition coefficient (Wildman–Crippen LogP) is 6.89. The molecule has 1 unspecified atom stereocenters. The lowest BCUT2D eigenvalue weighted by molar-refractivity contribution is -0.245. The molecule has 409 valence electrons. The number of carbonyl (C=O) groups excluding carboxylic acids is 7. The smallest absolute Gasteiger partial charge is 0.326 e. The summed E-state index contributed by atoms with van der Waals surface area (Å²) in [5, 5.41) is 25.7. The minimum absolute atomic E-state index is 0.165. The topological polar surface area (TPSA) is 238 Å². The van der Waals surface area contributed by atoms with E-state index in [-0.39, 0.29) is 25.2 Å². The number of aliphatic carboxylic acids is 1. The Morgan fingerprint density at radius 1 is 0.512 bits per heavy atom. The van der Waals surface area contributed by atoms with Crippen molar-refractivity contribution in [2.45, 2.75) is 89.5 Å². The van der Waals surface area contributed by atoms with E-state index < -0.39 is 71.3 Å². The van der Waals surface area contributed by atoms with Gasteiger partial charge in [0.2, 0.25) is 0 Å². The number of esters is 4. The molecule has 2 aliphatic heterocycles. The molecule has 4 N–H and O–H groups in total.